The molecular formula is C9H16ClNO. The van der Waals surface area contributed by atoms with Crippen molar-refractivity contribution in [2.24, 2.45) is 5.41 Å². The minimum atomic E-state index is 0.0816. The summed E-state index contributed by atoms with van der Waals surface area (Å²) in [4.78, 5) is 11.0. The Hall–Kier alpha value is -0.240. The first-order chi connectivity index (χ1) is 5.66. The van der Waals surface area contributed by atoms with Crippen LogP contribution < -0.4 is 5.32 Å². The lowest BCUT2D eigenvalue weighted by molar-refractivity contribution is -0.121. The van der Waals surface area contributed by atoms with Gasteiger partial charge in [-0.15, -0.1) is 11.6 Å². The van der Waals surface area contributed by atoms with Gasteiger partial charge in [0.25, 0.3) is 0 Å². The lowest BCUT2D eigenvalue weighted by Gasteiger charge is -2.38. The molecule has 0 saturated heterocycles. The van der Waals surface area contributed by atoms with Gasteiger partial charge in [0.05, 0.1) is 0 Å². The van der Waals surface area contributed by atoms with E-state index in [2.05, 4.69) is 12.2 Å². The Morgan fingerprint density at radius 1 is 1.58 bits per heavy atom. The van der Waals surface area contributed by atoms with Crippen molar-refractivity contribution in [3.8, 4) is 0 Å². The van der Waals surface area contributed by atoms with Crippen molar-refractivity contribution in [2.45, 2.75) is 32.6 Å². The molecule has 0 unspecified atom stereocenters. The third-order valence-electron chi connectivity index (χ3n) is 2.59. The van der Waals surface area contributed by atoms with E-state index < -0.39 is 0 Å². The minimum Gasteiger partial charge on any atom is -0.356 e. The van der Waals surface area contributed by atoms with E-state index in [-0.39, 0.29) is 5.91 Å². The van der Waals surface area contributed by atoms with Crippen molar-refractivity contribution in [2.75, 3.05) is 12.4 Å². The molecule has 1 N–H and O–H groups in total. The Kier molecular flexibility index (Phi) is 3.39. The van der Waals surface area contributed by atoms with Crippen molar-refractivity contribution in [1.29, 1.82) is 0 Å². The van der Waals surface area contributed by atoms with Crippen LogP contribution in [-0.4, -0.2) is 18.3 Å². The molecule has 70 valence electrons. The van der Waals surface area contributed by atoms with Gasteiger partial charge in [-0.05, 0) is 18.3 Å². The molecule has 3 heteroatoms. The summed E-state index contributed by atoms with van der Waals surface area (Å²) in [6.45, 7) is 3.04. The van der Waals surface area contributed by atoms with Gasteiger partial charge in [0, 0.05) is 18.8 Å². The van der Waals surface area contributed by atoms with E-state index in [0.29, 0.717) is 17.7 Å². The Morgan fingerprint density at radius 2 is 2.25 bits per heavy atom. The molecule has 1 amide bonds. The number of rotatable bonds is 4. The fourth-order valence-corrected chi connectivity index (χ4v) is 1.61. The first kappa shape index (κ1) is 9.85. The highest BCUT2D eigenvalue weighted by molar-refractivity contribution is 6.18. The van der Waals surface area contributed by atoms with Crippen LogP contribution in [0.1, 0.15) is 32.6 Å². The van der Waals surface area contributed by atoms with E-state index in [4.69, 9.17) is 11.6 Å². The SMILES string of the molecule is CC1(CNC(=O)CCCl)CCC1. The number of nitrogens with one attached hydrogen (secondary N) is 1. The van der Waals surface area contributed by atoms with Crippen molar-refractivity contribution in [3.63, 3.8) is 0 Å². The summed E-state index contributed by atoms with van der Waals surface area (Å²) in [5.41, 5.74) is 0.377. The summed E-state index contributed by atoms with van der Waals surface area (Å²) in [5, 5.41) is 2.90. The van der Waals surface area contributed by atoms with Crippen LogP contribution in [0.25, 0.3) is 0 Å². The zero-order valence-electron chi connectivity index (χ0n) is 7.53. The quantitative estimate of drug-likeness (QED) is 0.673. The number of carbonyl (C=O) groups excluding carboxylic acids is 1. The highest BCUT2D eigenvalue weighted by atomic mass is 35.5. The predicted octanol–water partition coefficient (Wildman–Crippen LogP) is 1.92. The number of amides is 1. The van der Waals surface area contributed by atoms with Gasteiger partial charge in [0.15, 0.2) is 0 Å². The Balaban J connectivity index is 2.12. The van der Waals surface area contributed by atoms with Crippen LogP contribution in [0.2, 0.25) is 0 Å². The second-order valence-corrected chi connectivity index (χ2v) is 4.26. The van der Waals surface area contributed by atoms with Gasteiger partial charge < -0.3 is 5.32 Å². The maximum absolute atomic E-state index is 11.0. The van der Waals surface area contributed by atoms with Gasteiger partial charge in [-0.3, -0.25) is 4.79 Å². The van der Waals surface area contributed by atoms with Crippen LogP contribution in [0.3, 0.4) is 0 Å². The monoisotopic (exact) mass is 189 g/mol. The Labute approximate surface area is 78.7 Å². The van der Waals surface area contributed by atoms with E-state index in [9.17, 15) is 4.79 Å². The van der Waals surface area contributed by atoms with Gasteiger partial charge in [-0.2, -0.15) is 0 Å². The predicted molar refractivity (Wildman–Crippen MR) is 50.3 cm³/mol. The largest absolute Gasteiger partial charge is 0.356 e. The molecule has 0 radical (unpaired) electrons. The number of halogens is 1. The fraction of sp³-hybridized carbons (Fsp3) is 0.889. The van der Waals surface area contributed by atoms with Crippen LogP contribution in [0.15, 0.2) is 0 Å². The molecule has 2 nitrogen and oxygen atoms in total. The molecule has 0 bridgehead atoms. The molecule has 1 saturated carbocycles. The lowest BCUT2D eigenvalue weighted by Crippen LogP contribution is -2.39. The van der Waals surface area contributed by atoms with Crippen LogP contribution in [-0.2, 0) is 4.79 Å². The van der Waals surface area contributed by atoms with Crippen LogP contribution in [0.4, 0.5) is 0 Å². The van der Waals surface area contributed by atoms with E-state index in [0.717, 1.165) is 6.54 Å². The second-order valence-electron chi connectivity index (χ2n) is 3.88. The fourth-order valence-electron chi connectivity index (χ4n) is 1.44. The summed E-state index contributed by atoms with van der Waals surface area (Å²) in [7, 11) is 0. The third kappa shape index (κ3) is 2.67. The molecule has 1 fully saturated rings. The third-order valence-corrected chi connectivity index (χ3v) is 2.78. The summed E-state index contributed by atoms with van der Waals surface area (Å²) in [6, 6.07) is 0. The van der Waals surface area contributed by atoms with E-state index >= 15 is 0 Å². The van der Waals surface area contributed by atoms with Crippen molar-refractivity contribution >= 4 is 17.5 Å². The van der Waals surface area contributed by atoms with Crippen LogP contribution in [0.5, 0.6) is 0 Å². The molecule has 0 spiro atoms. The molecule has 12 heavy (non-hydrogen) atoms. The molecule has 0 aromatic carbocycles. The smallest absolute Gasteiger partial charge is 0.221 e. The molecule has 1 rings (SSSR count). The maximum Gasteiger partial charge on any atom is 0.221 e. The maximum atomic E-state index is 11.0. The topological polar surface area (TPSA) is 29.1 Å². The zero-order valence-corrected chi connectivity index (χ0v) is 8.28. The normalized spacial score (nSPS) is 19.8. The van der Waals surface area contributed by atoms with Gasteiger partial charge in [0.2, 0.25) is 5.91 Å². The zero-order chi connectivity index (χ0) is 9.03. The molecule has 0 atom stereocenters. The Morgan fingerprint density at radius 3 is 2.67 bits per heavy atom. The lowest BCUT2D eigenvalue weighted by atomic mass is 9.70. The van der Waals surface area contributed by atoms with Crippen molar-refractivity contribution in [3.05, 3.63) is 0 Å². The molecule has 0 aromatic heterocycles. The van der Waals surface area contributed by atoms with Crippen molar-refractivity contribution < 1.29 is 4.79 Å². The first-order valence-electron chi connectivity index (χ1n) is 4.49. The van der Waals surface area contributed by atoms with Crippen LogP contribution >= 0.6 is 11.6 Å². The summed E-state index contributed by atoms with van der Waals surface area (Å²) in [5.74, 6) is 0.501. The first-order valence-corrected chi connectivity index (χ1v) is 5.02. The van der Waals surface area contributed by atoms with E-state index in [1.54, 1.807) is 0 Å². The standard InChI is InChI=1S/C9H16ClNO/c1-9(4-2-5-9)7-11-8(12)3-6-10/h2-7H2,1H3,(H,11,12). The number of alkyl halides is 1. The number of hydrogen-bond acceptors (Lipinski definition) is 1. The van der Waals surface area contributed by atoms with Gasteiger partial charge in [-0.1, -0.05) is 13.3 Å². The highest BCUT2D eigenvalue weighted by Gasteiger charge is 2.31. The molecule has 1 aliphatic carbocycles. The molecule has 0 aromatic rings. The van der Waals surface area contributed by atoms with Gasteiger partial charge in [-0.25, -0.2) is 0 Å². The number of hydrogen-bond donors (Lipinski definition) is 1. The number of carbonyl (C=O) groups is 1. The molecule has 1 aliphatic rings. The molecule has 0 aliphatic heterocycles. The van der Waals surface area contributed by atoms with E-state index in [1.165, 1.54) is 19.3 Å². The average molecular weight is 190 g/mol. The summed E-state index contributed by atoms with van der Waals surface area (Å²) >= 11 is 5.43. The average Bonchev–Trinajstić information content (AvgIpc) is 1.98. The van der Waals surface area contributed by atoms with Gasteiger partial charge >= 0.3 is 0 Å². The van der Waals surface area contributed by atoms with Crippen molar-refractivity contribution in [1.82, 2.24) is 5.32 Å². The summed E-state index contributed by atoms with van der Waals surface area (Å²) < 4.78 is 0. The van der Waals surface area contributed by atoms with E-state index in [1.807, 2.05) is 0 Å². The van der Waals surface area contributed by atoms with Gasteiger partial charge in [0.1, 0.15) is 0 Å². The van der Waals surface area contributed by atoms with Crippen LogP contribution in [0, 0.1) is 5.41 Å². The Bertz CT molecular complexity index is 166. The second kappa shape index (κ2) is 4.13. The minimum absolute atomic E-state index is 0.0816. The molecular weight excluding hydrogens is 174 g/mol. The summed E-state index contributed by atoms with van der Waals surface area (Å²) in [6.07, 6.45) is 4.24. The highest BCUT2D eigenvalue weighted by Crippen LogP contribution is 2.39. The molecule has 0 heterocycles.